The van der Waals surface area contributed by atoms with Gasteiger partial charge in [0, 0.05) is 23.3 Å². The molecule has 7 rings (SSSR count). The number of carbonyl (C=O) groups is 4. The highest BCUT2D eigenvalue weighted by molar-refractivity contribution is 7.91. The molecule has 2 saturated carbocycles. The van der Waals surface area contributed by atoms with E-state index in [9.17, 15) is 27.6 Å². The Hall–Kier alpha value is -4.40. The van der Waals surface area contributed by atoms with E-state index < -0.39 is 67.7 Å². The van der Waals surface area contributed by atoms with E-state index in [1.807, 2.05) is 58.0 Å². The Bertz CT molecular complexity index is 2110. The quantitative estimate of drug-likeness (QED) is 0.306. The van der Waals surface area contributed by atoms with Crippen molar-refractivity contribution in [2.45, 2.75) is 146 Å². The van der Waals surface area contributed by atoms with Crippen LogP contribution >= 0.6 is 0 Å². The molecule has 1 aromatic carbocycles. The van der Waals surface area contributed by atoms with Gasteiger partial charge in [0.1, 0.15) is 34.7 Å². The number of alkyl carbamates (subject to hydrolysis) is 1. The van der Waals surface area contributed by atoms with Gasteiger partial charge >= 0.3 is 6.09 Å². The number of methoxy groups -OCH3 is 1. The first-order chi connectivity index (χ1) is 27.4. The van der Waals surface area contributed by atoms with Crippen LogP contribution in [0.4, 0.5) is 4.79 Å². The van der Waals surface area contributed by atoms with Gasteiger partial charge in [0.2, 0.25) is 21.8 Å². The molecule has 1 spiro atoms. The van der Waals surface area contributed by atoms with Gasteiger partial charge in [0.15, 0.2) is 0 Å². The Labute approximate surface area is 341 Å². The van der Waals surface area contributed by atoms with Crippen LogP contribution in [0.15, 0.2) is 30.4 Å². The predicted molar refractivity (Wildman–Crippen MR) is 218 cm³/mol. The summed E-state index contributed by atoms with van der Waals surface area (Å²) >= 11 is 0. The van der Waals surface area contributed by atoms with Gasteiger partial charge in [0.05, 0.1) is 36.2 Å². The van der Waals surface area contributed by atoms with Gasteiger partial charge < -0.3 is 29.7 Å². The molecule has 3 aliphatic heterocycles. The highest BCUT2D eigenvalue weighted by Crippen LogP contribution is 2.47. The zero-order valence-corrected chi connectivity index (χ0v) is 35.5. The van der Waals surface area contributed by atoms with E-state index in [2.05, 4.69) is 15.4 Å². The molecule has 58 heavy (non-hydrogen) atoms. The summed E-state index contributed by atoms with van der Waals surface area (Å²) in [5.41, 5.74) is -0.263. The van der Waals surface area contributed by atoms with Crippen LogP contribution in [0.25, 0.3) is 10.9 Å². The van der Waals surface area contributed by atoms with Crippen LogP contribution in [0.3, 0.4) is 0 Å². The van der Waals surface area contributed by atoms with Gasteiger partial charge in [-0.25, -0.2) is 18.2 Å². The number of nitrogens with one attached hydrogen (secondary N) is 3. The molecule has 4 amide bonds. The number of amides is 4. The second kappa shape index (κ2) is 15.6. The SMILES string of the molecule is CCc1nc2ccc(OC)cc2c2c1O[C@]1(CC2)C[C@H]2C(=O)N[C@]3(C(=O)NS(=O)(=O)C4(C)CC4)CC[C@H]3/C=C\CCCCC[C@H](NC(=O)OCC(C)(C)C)C(=O)N2C1. The summed E-state index contributed by atoms with van der Waals surface area (Å²) in [4.78, 5) is 63.6. The van der Waals surface area contributed by atoms with Crippen LogP contribution in [-0.4, -0.2) is 90.3 Å². The van der Waals surface area contributed by atoms with E-state index >= 15 is 0 Å². The van der Waals surface area contributed by atoms with Crippen LogP contribution in [-0.2, 0) is 42.0 Å². The number of rotatable bonds is 7. The topological polar surface area (TPSA) is 182 Å². The third-order valence-corrected chi connectivity index (χ3v) is 15.0. The van der Waals surface area contributed by atoms with Crippen molar-refractivity contribution in [3.8, 4) is 11.5 Å². The van der Waals surface area contributed by atoms with E-state index in [0.717, 1.165) is 35.0 Å². The Kier molecular flexibility index (Phi) is 11.3. The average Bonchev–Trinajstić information content (AvgIpc) is 3.84. The van der Waals surface area contributed by atoms with Gasteiger partial charge in [-0.05, 0) is 94.7 Å². The summed E-state index contributed by atoms with van der Waals surface area (Å²) in [6.07, 6.45) is 9.89. The highest BCUT2D eigenvalue weighted by Gasteiger charge is 2.59. The number of carbonyl (C=O) groups excluding carboxylic acids is 4. The average molecular weight is 822 g/mol. The Morgan fingerprint density at radius 3 is 2.53 bits per heavy atom. The van der Waals surface area contributed by atoms with E-state index in [0.29, 0.717) is 69.3 Å². The maximum atomic E-state index is 14.9. The van der Waals surface area contributed by atoms with Crippen molar-refractivity contribution in [1.82, 2.24) is 25.2 Å². The maximum Gasteiger partial charge on any atom is 0.407 e. The molecule has 3 fully saturated rings. The molecular weight excluding hydrogens is 763 g/mol. The van der Waals surface area contributed by atoms with Crippen molar-refractivity contribution in [3.05, 3.63) is 41.6 Å². The van der Waals surface area contributed by atoms with Crippen molar-refractivity contribution in [2.24, 2.45) is 11.3 Å². The maximum absolute atomic E-state index is 14.9. The van der Waals surface area contributed by atoms with Crippen LogP contribution < -0.4 is 24.8 Å². The minimum absolute atomic E-state index is 0.0488. The molecule has 5 aliphatic rings. The number of ether oxygens (including phenoxy) is 3. The molecule has 2 aromatic rings. The number of aromatic nitrogens is 1. The minimum Gasteiger partial charge on any atom is -0.497 e. The van der Waals surface area contributed by atoms with Crippen LogP contribution in [0.2, 0.25) is 0 Å². The van der Waals surface area contributed by atoms with Crippen molar-refractivity contribution < 1.29 is 41.8 Å². The molecule has 4 heterocycles. The summed E-state index contributed by atoms with van der Waals surface area (Å²) in [5, 5.41) is 6.76. The smallest absolute Gasteiger partial charge is 0.407 e. The lowest BCUT2D eigenvalue weighted by molar-refractivity contribution is -0.144. The lowest BCUT2D eigenvalue weighted by Crippen LogP contribution is -2.70. The van der Waals surface area contributed by atoms with E-state index in [4.69, 9.17) is 19.2 Å². The fourth-order valence-electron chi connectivity index (χ4n) is 8.78. The second-order valence-corrected chi connectivity index (χ2v) is 20.7. The number of hydrogen-bond acceptors (Lipinski definition) is 10. The standard InChI is InChI=1S/C43H59N5O9S/c1-7-31-35-29(30-23-28(55-6)15-16-32(30)44-31)18-19-42(57-35)24-34-36(49)46-43(38(51)47-58(53,54)41(5)21-22-41)20-17-27(43)13-11-9-8-10-12-14-33(37(50)48(34)25-42)45-39(52)56-26-40(2,3)4/h11,13,15-16,23,27,33-34H,7-10,12,14,17-22,24-26H2,1-6H3,(H,45,52)(H,46,49)(H,47,51)/b13-11-/t27-,33+,34+,42-,43-/m1/s1. The highest BCUT2D eigenvalue weighted by atomic mass is 32.2. The number of allylic oxidation sites excluding steroid dienone is 1. The third-order valence-electron chi connectivity index (χ3n) is 12.8. The molecule has 0 unspecified atom stereocenters. The molecule has 1 saturated heterocycles. The van der Waals surface area contributed by atoms with Crippen LogP contribution in [0, 0.1) is 11.3 Å². The number of benzene rings is 1. The zero-order valence-electron chi connectivity index (χ0n) is 34.7. The number of hydrogen-bond donors (Lipinski definition) is 3. The first-order valence-electron chi connectivity index (χ1n) is 20.9. The largest absolute Gasteiger partial charge is 0.497 e. The van der Waals surface area contributed by atoms with E-state index in [1.165, 1.54) is 4.90 Å². The summed E-state index contributed by atoms with van der Waals surface area (Å²) in [6, 6.07) is 3.67. The zero-order chi connectivity index (χ0) is 41.7. The van der Waals surface area contributed by atoms with Crippen molar-refractivity contribution in [1.29, 1.82) is 0 Å². The first-order valence-corrected chi connectivity index (χ1v) is 22.4. The van der Waals surface area contributed by atoms with Gasteiger partial charge in [0.25, 0.3) is 5.91 Å². The van der Waals surface area contributed by atoms with E-state index in [1.54, 1.807) is 14.0 Å². The second-order valence-electron chi connectivity index (χ2n) is 18.5. The summed E-state index contributed by atoms with van der Waals surface area (Å²) in [6.45, 7) is 9.64. The number of sulfonamides is 1. The van der Waals surface area contributed by atoms with Gasteiger partial charge in [-0.1, -0.05) is 52.7 Å². The van der Waals surface area contributed by atoms with Crippen LogP contribution in [0.1, 0.15) is 117 Å². The number of pyridine rings is 1. The lowest BCUT2D eigenvalue weighted by Gasteiger charge is -2.48. The normalized spacial score (nSPS) is 28.9. The van der Waals surface area contributed by atoms with Crippen molar-refractivity contribution >= 4 is 44.7 Å². The monoisotopic (exact) mass is 821 g/mol. The molecular formula is C43H59N5O9S. The molecule has 3 N–H and O–H groups in total. The molecule has 0 bridgehead atoms. The Morgan fingerprint density at radius 1 is 1.09 bits per heavy atom. The van der Waals surface area contributed by atoms with Crippen molar-refractivity contribution in [2.75, 3.05) is 20.3 Å². The van der Waals surface area contributed by atoms with Crippen molar-refractivity contribution in [3.63, 3.8) is 0 Å². The third kappa shape index (κ3) is 8.11. The fourth-order valence-corrected chi connectivity index (χ4v) is 10.1. The molecule has 5 atom stereocenters. The van der Waals surface area contributed by atoms with E-state index in [-0.39, 0.29) is 31.4 Å². The predicted octanol–water partition coefficient (Wildman–Crippen LogP) is 5.40. The number of nitrogens with zero attached hydrogens (tertiary/aromatic N) is 2. The molecule has 0 radical (unpaired) electrons. The number of aryl methyl sites for hydroxylation is 2. The fraction of sp³-hybridized carbons (Fsp3) is 0.651. The molecule has 14 nitrogen and oxygen atoms in total. The van der Waals surface area contributed by atoms with Crippen LogP contribution in [0.5, 0.6) is 11.5 Å². The number of fused-ring (bicyclic) bond motifs is 5. The first kappa shape index (κ1) is 41.7. The minimum atomic E-state index is -4.01. The molecule has 15 heteroatoms. The van der Waals surface area contributed by atoms with Gasteiger partial charge in [-0.3, -0.25) is 19.1 Å². The molecule has 2 aliphatic carbocycles. The van der Waals surface area contributed by atoms with Gasteiger partial charge in [-0.15, -0.1) is 0 Å². The summed E-state index contributed by atoms with van der Waals surface area (Å²) in [7, 11) is -2.39. The lowest BCUT2D eigenvalue weighted by atomic mass is 9.65. The Morgan fingerprint density at radius 2 is 1.86 bits per heavy atom. The Balaban J connectivity index is 1.25. The summed E-state index contributed by atoms with van der Waals surface area (Å²) in [5.74, 6) is -0.924. The molecule has 316 valence electrons. The molecule has 1 aromatic heterocycles. The summed E-state index contributed by atoms with van der Waals surface area (Å²) < 4.78 is 46.1. The van der Waals surface area contributed by atoms with Gasteiger partial charge in [-0.2, -0.15) is 0 Å².